The van der Waals surface area contributed by atoms with Gasteiger partial charge in [-0.1, -0.05) is 20.8 Å². The number of hydrogen-bond donors (Lipinski definition) is 1. The Hall–Kier alpha value is -0.120. The summed E-state index contributed by atoms with van der Waals surface area (Å²) in [6.07, 6.45) is -0.391. The van der Waals surface area contributed by atoms with Crippen molar-refractivity contribution < 1.29 is 9.84 Å². The van der Waals surface area contributed by atoms with E-state index < -0.39 is 6.10 Å². The predicted octanol–water partition coefficient (Wildman–Crippen LogP) is 2.14. The lowest BCUT2D eigenvalue weighted by atomic mass is 10.2. The van der Waals surface area contributed by atoms with Crippen LogP contribution in [0.1, 0.15) is 41.5 Å². The molecule has 1 atom stereocenters. The Morgan fingerprint density at radius 1 is 1.19 bits per heavy atom. The molecular weight excluding hydrogens is 202 g/mol. The minimum absolute atomic E-state index is 0.171. The molecule has 0 aromatic carbocycles. The summed E-state index contributed by atoms with van der Waals surface area (Å²) < 4.78 is 5.56. The summed E-state index contributed by atoms with van der Waals surface area (Å²) in [6.45, 7) is 15.7. The van der Waals surface area contributed by atoms with Gasteiger partial charge in [-0.15, -0.1) is 0 Å². The van der Waals surface area contributed by atoms with Crippen molar-refractivity contribution in [2.45, 2.75) is 53.2 Å². The molecule has 0 fully saturated rings. The van der Waals surface area contributed by atoms with Crippen molar-refractivity contribution in [1.82, 2.24) is 4.90 Å². The average Bonchev–Trinajstić information content (AvgIpc) is 2.12. The SMILES string of the molecule is CCN(CC(C)C)CC(O)COC(C)(C)C. The average molecular weight is 231 g/mol. The summed E-state index contributed by atoms with van der Waals surface area (Å²) in [4.78, 5) is 2.27. The second-order valence-electron chi connectivity index (χ2n) is 5.82. The van der Waals surface area contributed by atoms with E-state index in [1.165, 1.54) is 0 Å². The van der Waals surface area contributed by atoms with Gasteiger partial charge in [-0.3, -0.25) is 0 Å². The second kappa shape index (κ2) is 7.25. The van der Waals surface area contributed by atoms with Crippen molar-refractivity contribution >= 4 is 0 Å². The number of ether oxygens (including phenoxy) is 1. The normalized spacial score (nSPS) is 14.8. The van der Waals surface area contributed by atoms with Crippen LogP contribution in [0.5, 0.6) is 0 Å². The van der Waals surface area contributed by atoms with Crippen LogP contribution < -0.4 is 0 Å². The smallest absolute Gasteiger partial charge is 0.0900 e. The molecule has 3 heteroatoms. The molecule has 1 unspecified atom stereocenters. The summed E-state index contributed by atoms with van der Waals surface area (Å²) in [7, 11) is 0. The maximum atomic E-state index is 9.86. The summed E-state index contributed by atoms with van der Waals surface area (Å²) in [6, 6.07) is 0. The van der Waals surface area contributed by atoms with E-state index in [4.69, 9.17) is 4.74 Å². The van der Waals surface area contributed by atoms with E-state index in [1.54, 1.807) is 0 Å². The van der Waals surface area contributed by atoms with Gasteiger partial charge in [0.1, 0.15) is 0 Å². The van der Waals surface area contributed by atoms with Crippen molar-refractivity contribution in [3.05, 3.63) is 0 Å². The fraction of sp³-hybridized carbons (Fsp3) is 1.00. The van der Waals surface area contributed by atoms with Crippen molar-refractivity contribution in [3.63, 3.8) is 0 Å². The lowest BCUT2D eigenvalue weighted by Gasteiger charge is -2.27. The molecule has 0 saturated heterocycles. The summed E-state index contributed by atoms with van der Waals surface area (Å²) in [5, 5.41) is 9.86. The molecule has 3 nitrogen and oxygen atoms in total. The fourth-order valence-electron chi connectivity index (χ4n) is 1.55. The van der Waals surface area contributed by atoms with Gasteiger partial charge in [0, 0.05) is 13.1 Å². The quantitative estimate of drug-likeness (QED) is 0.728. The molecule has 0 aliphatic carbocycles. The zero-order valence-corrected chi connectivity index (χ0v) is 11.8. The van der Waals surface area contributed by atoms with Crippen LogP contribution in [-0.4, -0.2) is 48.0 Å². The second-order valence-corrected chi connectivity index (χ2v) is 5.82. The van der Waals surface area contributed by atoms with Gasteiger partial charge in [0.05, 0.1) is 18.3 Å². The maximum absolute atomic E-state index is 9.86. The minimum Gasteiger partial charge on any atom is -0.389 e. The van der Waals surface area contributed by atoms with Gasteiger partial charge in [0.15, 0.2) is 0 Å². The van der Waals surface area contributed by atoms with E-state index >= 15 is 0 Å². The molecule has 0 amide bonds. The molecule has 0 spiro atoms. The third-order valence-corrected chi connectivity index (χ3v) is 2.25. The van der Waals surface area contributed by atoms with Gasteiger partial charge in [-0.05, 0) is 33.2 Å². The molecule has 0 bridgehead atoms. The van der Waals surface area contributed by atoms with Crippen molar-refractivity contribution in [2.75, 3.05) is 26.2 Å². The highest BCUT2D eigenvalue weighted by molar-refractivity contribution is 4.67. The van der Waals surface area contributed by atoms with Crippen LogP contribution >= 0.6 is 0 Å². The van der Waals surface area contributed by atoms with Crippen molar-refractivity contribution in [2.24, 2.45) is 5.92 Å². The Morgan fingerprint density at radius 3 is 2.12 bits per heavy atom. The predicted molar refractivity (Wildman–Crippen MR) is 68.7 cm³/mol. The molecule has 0 aromatic heterocycles. The van der Waals surface area contributed by atoms with Gasteiger partial charge in [-0.25, -0.2) is 0 Å². The monoisotopic (exact) mass is 231 g/mol. The van der Waals surface area contributed by atoms with Crippen molar-refractivity contribution in [1.29, 1.82) is 0 Å². The zero-order chi connectivity index (χ0) is 12.8. The van der Waals surface area contributed by atoms with Crippen LogP contribution in [0.2, 0.25) is 0 Å². The van der Waals surface area contributed by atoms with Crippen LogP contribution in [0.4, 0.5) is 0 Å². The largest absolute Gasteiger partial charge is 0.389 e. The summed E-state index contributed by atoms with van der Waals surface area (Å²) in [5.41, 5.74) is -0.171. The molecule has 98 valence electrons. The van der Waals surface area contributed by atoms with E-state index in [2.05, 4.69) is 25.7 Å². The van der Waals surface area contributed by atoms with Gasteiger partial charge in [0.25, 0.3) is 0 Å². The number of aliphatic hydroxyl groups excluding tert-OH is 1. The highest BCUT2D eigenvalue weighted by Gasteiger charge is 2.16. The first-order chi connectivity index (χ1) is 7.24. The van der Waals surface area contributed by atoms with Gasteiger partial charge >= 0.3 is 0 Å². The molecule has 0 radical (unpaired) electrons. The van der Waals surface area contributed by atoms with E-state index in [1.807, 2.05) is 20.8 Å². The van der Waals surface area contributed by atoms with Crippen LogP contribution in [0.3, 0.4) is 0 Å². The zero-order valence-electron chi connectivity index (χ0n) is 11.8. The molecular formula is C13H29NO2. The minimum atomic E-state index is -0.391. The van der Waals surface area contributed by atoms with Crippen molar-refractivity contribution in [3.8, 4) is 0 Å². The lowest BCUT2D eigenvalue weighted by molar-refractivity contribution is -0.0563. The molecule has 1 N–H and O–H groups in total. The first kappa shape index (κ1) is 15.9. The number of rotatable bonds is 7. The summed E-state index contributed by atoms with van der Waals surface area (Å²) >= 11 is 0. The molecule has 0 saturated carbocycles. The number of likely N-dealkylation sites (N-methyl/N-ethyl adjacent to an activating group) is 1. The topological polar surface area (TPSA) is 32.7 Å². The van der Waals surface area contributed by atoms with Crippen LogP contribution in [0, 0.1) is 5.92 Å². The third kappa shape index (κ3) is 9.13. The molecule has 16 heavy (non-hydrogen) atoms. The van der Waals surface area contributed by atoms with Gasteiger partial charge in [-0.2, -0.15) is 0 Å². The molecule has 0 aliphatic heterocycles. The fourth-order valence-corrected chi connectivity index (χ4v) is 1.55. The molecule has 0 heterocycles. The Bertz CT molecular complexity index is 175. The Morgan fingerprint density at radius 2 is 1.75 bits per heavy atom. The number of aliphatic hydroxyl groups is 1. The Kier molecular flexibility index (Phi) is 7.20. The van der Waals surface area contributed by atoms with Crippen LogP contribution in [0.25, 0.3) is 0 Å². The van der Waals surface area contributed by atoms with E-state index in [0.717, 1.165) is 13.1 Å². The molecule has 0 rings (SSSR count). The first-order valence-corrected chi connectivity index (χ1v) is 6.29. The summed E-state index contributed by atoms with van der Waals surface area (Å²) in [5.74, 6) is 0.635. The third-order valence-electron chi connectivity index (χ3n) is 2.25. The molecule has 0 aliphatic rings. The lowest BCUT2D eigenvalue weighted by Crippen LogP contribution is -2.38. The number of nitrogens with zero attached hydrogens (tertiary/aromatic N) is 1. The molecule has 0 aromatic rings. The van der Waals surface area contributed by atoms with Gasteiger partial charge < -0.3 is 14.7 Å². The highest BCUT2D eigenvalue weighted by atomic mass is 16.5. The van der Waals surface area contributed by atoms with E-state index in [-0.39, 0.29) is 5.60 Å². The first-order valence-electron chi connectivity index (χ1n) is 6.29. The van der Waals surface area contributed by atoms with Crippen LogP contribution in [-0.2, 0) is 4.74 Å². The van der Waals surface area contributed by atoms with E-state index in [0.29, 0.717) is 19.1 Å². The maximum Gasteiger partial charge on any atom is 0.0900 e. The van der Waals surface area contributed by atoms with Crippen LogP contribution in [0.15, 0.2) is 0 Å². The standard InChI is InChI=1S/C13H29NO2/c1-7-14(8-11(2)3)9-12(15)10-16-13(4,5)6/h11-12,15H,7-10H2,1-6H3. The number of hydrogen-bond acceptors (Lipinski definition) is 3. The van der Waals surface area contributed by atoms with Gasteiger partial charge in [0.2, 0.25) is 0 Å². The Labute approximate surface area is 101 Å². The highest BCUT2D eigenvalue weighted by Crippen LogP contribution is 2.08. The van der Waals surface area contributed by atoms with E-state index in [9.17, 15) is 5.11 Å². The Balaban J connectivity index is 3.87.